The molecule has 0 fully saturated rings. The monoisotopic (exact) mass is 365 g/mol. The van der Waals surface area contributed by atoms with Gasteiger partial charge in [0.05, 0.1) is 23.8 Å². The molecule has 128 valence electrons. The molecule has 0 radical (unpaired) electrons. The van der Waals surface area contributed by atoms with Crippen LogP contribution in [0.3, 0.4) is 0 Å². The number of thiazole rings is 1. The molecule has 0 spiro atoms. The molecule has 1 aliphatic rings. The van der Waals surface area contributed by atoms with Gasteiger partial charge in [-0.3, -0.25) is 4.79 Å². The van der Waals surface area contributed by atoms with E-state index in [2.05, 4.69) is 17.2 Å². The number of hydrogen-bond acceptors (Lipinski definition) is 5. The average molecular weight is 366 g/mol. The second kappa shape index (κ2) is 7.40. The Bertz CT molecular complexity index is 734. The lowest BCUT2D eigenvalue weighted by molar-refractivity contribution is -0.119. The lowest BCUT2D eigenvalue weighted by Gasteiger charge is -2.30. The fraction of sp³-hybridized carbons (Fsp3) is 0.412. The van der Waals surface area contributed by atoms with Gasteiger partial charge in [-0.2, -0.15) is 0 Å². The van der Waals surface area contributed by atoms with Crippen molar-refractivity contribution < 1.29 is 9.53 Å². The number of halogens is 1. The van der Waals surface area contributed by atoms with Gasteiger partial charge in [0, 0.05) is 28.6 Å². The number of carbonyl (C=O) groups excluding carboxylic acids is 1. The normalized spacial score (nSPS) is 14.7. The minimum atomic E-state index is -0.0112. The SMILES string of the molecule is Cc1cnc(C(C)CNC(=O)CN2CCOc3ccc(Cl)cc32)s1. The van der Waals surface area contributed by atoms with Crippen molar-refractivity contribution in [2.75, 3.05) is 31.1 Å². The summed E-state index contributed by atoms with van der Waals surface area (Å²) in [4.78, 5) is 19.9. The molecule has 1 aromatic heterocycles. The van der Waals surface area contributed by atoms with Crippen molar-refractivity contribution >= 4 is 34.5 Å². The molecule has 0 saturated heterocycles. The molecule has 7 heteroatoms. The molecule has 0 aliphatic carbocycles. The summed E-state index contributed by atoms with van der Waals surface area (Å²) in [6.07, 6.45) is 1.87. The van der Waals surface area contributed by atoms with E-state index in [4.69, 9.17) is 16.3 Å². The summed E-state index contributed by atoms with van der Waals surface area (Å²) >= 11 is 7.73. The molecule has 24 heavy (non-hydrogen) atoms. The third-order valence-electron chi connectivity index (χ3n) is 3.88. The summed E-state index contributed by atoms with van der Waals surface area (Å²) < 4.78 is 5.61. The number of amides is 1. The van der Waals surface area contributed by atoms with Crippen LogP contribution in [0.15, 0.2) is 24.4 Å². The van der Waals surface area contributed by atoms with Gasteiger partial charge in [-0.15, -0.1) is 11.3 Å². The van der Waals surface area contributed by atoms with E-state index in [-0.39, 0.29) is 11.8 Å². The summed E-state index contributed by atoms with van der Waals surface area (Å²) in [5, 5.41) is 4.68. The van der Waals surface area contributed by atoms with Gasteiger partial charge >= 0.3 is 0 Å². The molecule has 1 N–H and O–H groups in total. The van der Waals surface area contributed by atoms with Gasteiger partial charge in [0.25, 0.3) is 0 Å². The number of hydrogen-bond donors (Lipinski definition) is 1. The number of benzene rings is 1. The zero-order valence-electron chi connectivity index (χ0n) is 13.7. The van der Waals surface area contributed by atoms with Crippen molar-refractivity contribution in [3.8, 4) is 5.75 Å². The second-order valence-electron chi connectivity index (χ2n) is 5.90. The number of aryl methyl sites for hydroxylation is 1. The largest absolute Gasteiger partial charge is 0.490 e. The van der Waals surface area contributed by atoms with Gasteiger partial charge in [0.15, 0.2) is 0 Å². The number of aromatic nitrogens is 1. The topological polar surface area (TPSA) is 54.5 Å². The van der Waals surface area contributed by atoms with Crippen LogP contribution in [0.4, 0.5) is 5.69 Å². The summed E-state index contributed by atoms with van der Waals surface area (Å²) in [5.74, 6) is 0.965. The van der Waals surface area contributed by atoms with Crippen LogP contribution in [0.1, 0.15) is 22.7 Å². The number of nitrogens with one attached hydrogen (secondary N) is 1. The first-order chi connectivity index (χ1) is 11.5. The minimum Gasteiger partial charge on any atom is -0.490 e. The highest BCUT2D eigenvalue weighted by molar-refractivity contribution is 7.11. The molecular formula is C17H20ClN3O2S. The molecule has 1 atom stereocenters. The highest BCUT2D eigenvalue weighted by atomic mass is 35.5. The highest BCUT2D eigenvalue weighted by Crippen LogP contribution is 2.33. The number of carbonyl (C=O) groups is 1. The van der Waals surface area contributed by atoms with Crippen molar-refractivity contribution in [1.29, 1.82) is 0 Å². The highest BCUT2D eigenvalue weighted by Gasteiger charge is 2.21. The minimum absolute atomic E-state index is 0.0112. The third kappa shape index (κ3) is 3.99. The van der Waals surface area contributed by atoms with Gasteiger partial charge in [0.1, 0.15) is 12.4 Å². The van der Waals surface area contributed by atoms with Crippen LogP contribution in [0, 0.1) is 6.92 Å². The average Bonchev–Trinajstić information content (AvgIpc) is 3.00. The standard InChI is InChI=1S/C17H20ClN3O2S/c1-11(17-20-9-12(2)24-17)8-19-16(22)10-21-5-6-23-15-4-3-13(18)7-14(15)21/h3-4,7,9,11H,5-6,8,10H2,1-2H3,(H,19,22). The summed E-state index contributed by atoms with van der Waals surface area (Å²) in [6, 6.07) is 5.47. The number of ether oxygens (including phenoxy) is 1. The van der Waals surface area contributed by atoms with E-state index in [0.29, 0.717) is 31.3 Å². The summed E-state index contributed by atoms with van der Waals surface area (Å²) in [5.41, 5.74) is 0.868. The Morgan fingerprint density at radius 1 is 1.54 bits per heavy atom. The van der Waals surface area contributed by atoms with Crippen LogP contribution in [0.25, 0.3) is 0 Å². The van der Waals surface area contributed by atoms with Crippen LogP contribution in [0.5, 0.6) is 5.75 Å². The van der Waals surface area contributed by atoms with Crippen molar-refractivity contribution in [1.82, 2.24) is 10.3 Å². The van der Waals surface area contributed by atoms with Gasteiger partial charge < -0.3 is 15.0 Å². The molecule has 0 saturated carbocycles. The lowest BCUT2D eigenvalue weighted by Crippen LogP contribution is -2.42. The van der Waals surface area contributed by atoms with Crippen LogP contribution >= 0.6 is 22.9 Å². The van der Waals surface area contributed by atoms with Crippen molar-refractivity contribution in [2.45, 2.75) is 19.8 Å². The van der Waals surface area contributed by atoms with Gasteiger partial charge in [0.2, 0.25) is 5.91 Å². The number of nitrogens with zero attached hydrogens (tertiary/aromatic N) is 2. The fourth-order valence-corrected chi connectivity index (χ4v) is 3.59. The van der Waals surface area contributed by atoms with Crippen molar-refractivity contribution in [3.63, 3.8) is 0 Å². The summed E-state index contributed by atoms with van der Waals surface area (Å²) in [6.45, 7) is 6.22. The Labute approximate surface area is 150 Å². The molecule has 1 aromatic carbocycles. The Morgan fingerprint density at radius 2 is 2.38 bits per heavy atom. The fourth-order valence-electron chi connectivity index (χ4n) is 2.59. The number of rotatable bonds is 5. The molecule has 1 aliphatic heterocycles. The molecule has 3 rings (SSSR count). The predicted molar refractivity (Wildman–Crippen MR) is 97.4 cm³/mol. The van der Waals surface area contributed by atoms with Crippen LogP contribution in [0.2, 0.25) is 5.02 Å². The van der Waals surface area contributed by atoms with Crippen LogP contribution < -0.4 is 15.0 Å². The van der Waals surface area contributed by atoms with E-state index in [0.717, 1.165) is 16.4 Å². The molecule has 2 heterocycles. The Morgan fingerprint density at radius 3 is 3.12 bits per heavy atom. The first-order valence-corrected chi connectivity index (χ1v) is 9.08. The van der Waals surface area contributed by atoms with E-state index in [1.807, 2.05) is 30.2 Å². The molecule has 5 nitrogen and oxygen atoms in total. The van der Waals surface area contributed by atoms with Gasteiger partial charge in [-0.05, 0) is 25.1 Å². The Hall–Kier alpha value is -1.79. The van der Waals surface area contributed by atoms with Gasteiger partial charge in [-0.1, -0.05) is 18.5 Å². The molecule has 1 amide bonds. The van der Waals surface area contributed by atoms with Crippen molar-refractivity contribution in [2.24, 2.45) is 0 Å². The maximum absolute atomic E-state index is 12.3. The van der Waals surface area contributed by atoms with Crippen LogP contribution in [-0.4, -0.2) is 37.1 Å². The van der Waals surface area contributed by atoms with E-state index in [1.54, 1.807) is 17.4 Å². The summed E-state index contributed by atoms with van der Waals surface area (Å²) in [7, 11) is 0. The molecular weight excluding hydrogens is 346 g/mol. The number of fused-ring (bicyclic) bond motifs is 1. The van der Waals surface area contributed by atoms with Gasteiger partial charge in [-0.25, -0.2) is 4.98 Å². The van der Waals surface area contributed by atoms with E-state index in [9.17, 15) is 4.79 Å². The van der Waals surface area contributed by atoms with E-state index < -0.39 is 0 Å². The predicted octanol–water partition coefficient (Wildman–Crippen LogP) is 3.22. The van der Waals surface area contributed by atoms with Crippen molar-refractivity contribution in [3.05, 3.63) is 39.3 Å². The maximum atomic E-state index is 12.3. The Kier molecular flexibility index (Phi) is 5.26. The molecule has 1 unspecified atom stereocenters. The van der Waals surface area contributed by atoms with Crippen LogP contribution in [-0.2, 0) is 4.79 Å². The van der Waals surface area contributed by atoms with E-state index >= 15 is 0 Å². The first kappa shape index (κ1) is 17.0. The van der Waals surface area contributed by atoms with E-state index in [1.165, 1.54) is 4.88 Å². The molecule has 2 aromatic rings. The maximum Gasteiger partial charge on any atom is 0.239 e. The smallest absolute Gasteiger partial charge is 0.239 e. The zero-order chi connectivity index (χ0) is 17.1. The third-order valence-corrected chi connectivity index (χ3v) is 5.26. The zero-order valence-corrected chi connectivity index (χ0v) is 15.3. The first-order valence-electron chi connectivity index (χ1n) is 7.89. The quantitative estimate of drug-likeness (QED) is 0.883. The lowest BCUT2D eigenvalue weighted by atomic mass is 10.2. The molecule has 0 bridgehead atoms. The second-order valence-corrected chi connectivity index (χ2v) is 7.60. The number of anilines is 1. The Balaban J connectivity index is 1.57.